The lowest BCUT2D eigenvalue weighted by atomic mass is 9.83. The third-order valence-electron chi connectivity index (χ3n) is 5.29. The van der Waals surface area contributed by atoms with Crippen molar-refractivity contribution in [1.82, 2.24) is 0 Å². The van der Waals surface area contributed by atoms with Gasteiger partial charge in [0.15, 0.2) is 0 Å². The average molecular weight is 404 g/mol. The van der Waals surface area contributed by atoms with Gasteiger partial charge in [0.2, 0.25) is 0 Å². The Kier molecular flexibility index (Phi) is 7.19. The van der Waals surface area contributed by atoms with Crippen LogP contribution in [0.3, 0.4) is 0 Å². The Morgan fingerprint density at radius 1 is 1.24 bits per heavy atom. The molecule has 0 aromatic heterocycles. The maximum Gasteiger partial charge on any atom is 0.334 e. The van der Waals surface area contributed by atoms with Gasteiger partial charge in [-0.05, 0) is 44.9 Å². The van der Waals surface area contributed by atoms with Crippen LogP contribution >= 0.6 is 0 Å². The van der Waals surface area contributed by atoms with E-state index in [1.54, 1.807) is 45.9 Å². The van der Waals surface area contributed by atoms with E-state index in [1.807, 2.05) is 0 Å². The van der Waals surface area contributed by atoms with Gasteiger partial charge >= 0.3 is 17.9 Å². The van der Waals surface area contributed by atoms with Crippen LogP contribution < -0.4 is 0 Å². The topological polar surface area (TPSA) is 99.1 Å². The minimum Gasteiger partial charge on any atom is -0.458 e. The predicted molar refractivity (Wildman–Crippen MR) is 106 cm³/mol. The smallest absolute Gasteiger partial charge is 0.334 e. The van der Waals surface area contributed by atoms with Crippen molar-refractivity contribution in [3.8, 4) is 0 Å². The summed E-state index contributed by atoms with van der Waals surface area (Å²) in [5.74, 6) is -2.43. The number of aliphatic hydroxyl groups excluding tert-OH is 1. The maximum atomic E-state index is 12.4. The fourth-order valence-corrected chi connectivity index (χ4v) is 3.36. The van der Waals surface area contributed by atoms with Gasteiger partial charge in [0.25, 0.3) is 0 Å². The number of ether oxygens (including phenoxy) is 3. The summed E-state index contributed by atoms with van der Waals surface area (Å²) < 4.78 is 16.4. The molecular formula is C22H28O7. The van der Waals surface area contributed by atoms with Gasteiger partial charge in [-0.1, -0.05) is 18.7 Å². The zero-order valence-corrected chi connectivity index (χ0v) is 17.4. The number of esters is 3. The molecule has 7 nitrogen and oxygen atoms in total. The Morgan fingerprint density at radius 2 is 1.90 bits per heavy atom. The zero-order valence-electron chi connectivity index (χ0n) is 17.4. The van der Waals surface area contributed by atoms with Crippen LogP contribution in [0.5, 0.6) is 0 Å². The second kappa shape index (κ2) is 9.22. The summed E-state index contributed by atoms with van der Waals surface area (Å²) in [4.78, 5) is 36.1. The number of rotatable bonds is 3. The van der Waals surface area contributed by atoms with E-state index in [4.69, 9.17) is 14.2 Å². The first kappa shape index (κ1) is 22.6. The monoisotopic (exact) mass is 404 g/mol. The van der Waals surface area contributed by atoms with Gasteiger partial charge in [-0.3, -0.25) is 4.79 Å². The van der Waals surface area contributed by atoms with Crippen molar-refractivity contribution in [3.63, 3.8) is 0 Å². The molecule has 0 radical (unpaired) electrons. The first-order chi connectivity index (χ1) is 13.6. The van der Waals surface area contributed by atoms with E-state index in [0.29, 0.717) is 23.1 Å². The molecule has 29 heavy (non-hydrogen) atoms. The lowest BCUT2D eigenvalue weighted by molar-refractivity contribution is -0.153. The summed E-state index contributed by atoms with van der Waals surface area (Å²) in [5.41, 5.74) is 1.71. The third-order valence-corrected chi connectivity index (χ3v) is 5.29. The largest absolute Gasteiger partial charge is 0.458 e. The molecule has 0 spiro atoms. The normalized spacial score (nSPS) is 30.6. The first-order valence-electron chi connectivity index (χ1n) is 9.50. The van der Waals surface area contributed by atoms with Gasteiger partial charge in [-0.2, -0.15) is 0 Å². The first-order valence-corrected chi connectivity index (χ1v) is 9.50. The highest BCUT2D eigenvalue weighted by molar-refractivity contribution is 5.92. The van der Waals surface area contributed by atoms with Crippen molar-refractivity contribution >= 4 is 17.9 Å². The molecule has 0 bridgehead atoms. The lowest BCUT2D eigenvalue weighted by Gasteiger charge is -2.32. The average Bonchev–Trinajstić information content (AvgIpc) is 2.93. The molecule has 158 valence electrons. The van der Waals surface area contributed by atoms with E-state index in [0.717, 1.165) is 0 Å². The fourth-order valence-electron chi connectivity index (χ4n) is 3.36. The Labute approximate surface area is 170 Å². The molecule has 2 aliphatic rings. The van der Waals surface area contributed by atoms with Crippen molar-refractivity contribution in [2.75, 3.05) is 0 Å². The Morgan fingerprint density at radius 3 is 2.48 bits per heavy atom. The van der Waals surface area contributed by atoms with Crippen LogP contribution in [0.1, 0.15) is 41.0 Å². The maximum absolute atomic E-state index is 12.4. The second-order valence-electron chi connectivity index (χ2n) is 7.40. The van der Waals surface area contributed by atoms with Gasteiger partial charge in [0.05, 0.1) is 5.92 Å². The summed E-state index contributed by atoms with van der Waals surface area (Å²) in [6.45, 7) is 11.9. The number of carbonyl (C=O) groups is 3. The molecule has 0 saturated carbocycles. The molecule has 2 unspecified atom stereocenters. The van der Waals surface area contributed by atoms with Crippen molar-refractivity contribution in [2.45, 2.75) is 65.5 Å². The van der Waals surface area contributed by atoms with E-state index in [-0.39, 0.29) is 5.57 Å². The summed E-state index contributed by atoms with van der Waals surface area (Å²) in [6.07, 6.45) is 1.71. The van der Waals surface area contributed by atoms with E-state index in [2.05, 4.69) is 6.58 Å². The number of aliphatic hydroxyl groups is 1. The summed E-state index contributed by atoms with van der Waals surface area (Å²) in [7, 11) is 0. The highest BCUT2D eigenvalue weighted by Gasteiger charge is 2.47. The molecule has 7 heteroatoms. The number of allylic oxidation sites excluding steroid dienone is 1. The third kappa shape index (κ3) is 5.03. The minimum absolute atomic E-state index is 0.117. The van der Waals surface area contributed by atoms with Crippen LogP contribution in [-0.2, 0) is 28.6 Å². The van der Waals surface area contributed by atoms with E-state index in [1.165, 1.54) is 6.92 Å². The van der Waals surface area contributed by atoms with E-state index >= 15 is 0 Å². The number of carbonyl (C=O) groups excluding carboxylic acids is 3. The number of fused-ring (bicyclic) bond motifs is 1. The summed E-state index contributed by atoms with van der Waals surface area (Å²) in [5, 5.41) is 10.9. The zero-order chi connectivity index (χ0) is 21.9. The van der Waals surface area contributed by atoms with Gasteiger partial charge in [0.1, 0.15) is 24.4 Å². The van der Waals surface area contributed by atoms with Crippen molar-refractivity contribution < 1.29 is 33.7 Å². The molecule has 1 saturated heterocycles. The molecule has 1 aliphatic heterocycles. The molecule has 1 heterocycles. The van der Waals surface area contributed by atoms with Crippen molar-refractivity contribution in [2.24, 2.45) is 5.92 Å². The molecule has 0 aromatic rings. The SMILES string of the molecule is C=C1C(=O)O[C@@H]2C=C(C)[C@@H](OC(C)=O)CC=C(C)C(O)[C@@H](OC(=O)C(C)=CC)C12. The standard InChI is InChI=1S/C22H28O7/c1-7-11(2)21(25)29-20-18-14(5)22(26)28-17(18)10-13(4)16(27-15(6)23)9-8-12(3)19(20)24/h7-8,10,16-20,24H,5,9H2,1-4,6H3/t16-,17+,18?,19?,20-/m0/s1. The van der Waals surface area contributed by atoms with E-state index in [9.17, 15) is 19.5 Å². The van der Waals surface area contributed by atoms with E-state index < -0.39 is 48.2 Å². The highest BCUT2D eigenvalue weighted by Crippen LogP contribution is 2.37. The van der Waals surface area contributed by atoms with Gasteiger partial charge in [0, 0.05) is 24.5 Å². The molecule has 1 fully saturated rings. The van der Waals surface area contributed by atoms with Gasteiger partial charge in [-0.15, -0.1) is 0 Å². The second-order valence-corrected chi connectivity index (χ2v) is 7.40. The highest BCUT2D eigenvalue weighted by atomic mass is 16.6. The summed E-state index contributed by atoms with van der Waals surface area (Å²) in [6, 6.07) is 0. The molecular weight excluding hydrogens is 376 g/mol. The molecule has 1 N–H and O–H groups in total. The molecule has 5 atom stereocenters. The number of hydrogen-bond acceptors (Lipinski definition) is 7. The van der Waals surface area contributed by atoms with Crippen LogP contribution in [0.4, 0.5) is 0 Å². The van der Waals surface area contributed by atoms with Crippen molar-refractivity contribution in [3.05, 3.63) is 47.1 Å². The Hall–Kier alpha value is -2.67. The van der Waals surface area contributed by atoms with Crippen LogP contribution in [0, 0.1) is 5.92 Å². The molecule has 1 aliphatic carbocycles. The Balaban J connectivity index is 2.52. The van der Waals surface area contributed by atoms with Crippen LogP contribution in [0.25, 0.3) is 0 Å². The van der Waals surface area contributed by atoms with Crippen LogP contribution in [0.15, 0.2) is 47.1 Å². The Bertz CT molecular complexity index is 802. The quantitative estimate of drug-likeness (QED) is 0.334. The molecule has 0 amide bonds. The summed E-state index contributed by atoms with van der Waals surface area (Å²) >= 11 is 0. The minimum atomic E-state index is -1.19. The van der Waals surface area contributed by atoms with Crippen LogP contribution in [-0.4, -0.2) is 47.4 Å². The fraction of sp³-hybridized carbons (Fsp3) is 0.500. The molecule has 0 aromatic carbocycles. The van der Waals surface area contributed by atoms with Gasteiger partial charge in [-0.25, -0.2) is 9.59 Å². The number of hydrogen-bond donors (Lipinski definition) is 1. The molecule has 2 rings (SSSR count). The van der Waals surface area contributed by atoms with Gasteiger partial charge < -0.3 is 19.3 Å². The lowest BCUT2D eigenvalue weighted by Crippen LogP contribution is -2.43. The van der Waals surface area contributed by atoms with Crippen LogP contribution in [0.2, 0.25) is 0 Å². The van der Waals surface area contributed by atoms with Crippen molar-refractivity contribution in [1.29, 1.82) is 0 Å². The predicted octanol–water partition coefficient (Wildman–Crippen LogP) is 2.55.